The van der Waals surface area contributed by atoms with Crippen LogP contribution in [0.5, 0.6) is 0 Å². The van der Waals surface area contributed by atoms with Gasteiger partial charge in [0.15, 0.2) is 0 Å². The highest BCUT2D eigenvalue weighted by Crippen LogP contribution is 2.27. The molecule has 2 N–H and O–H groups in total. The quantitative estimate of drug-likeness (QED) is 0.726. The summed E-state index contributed by atoms with van der Waals surface area (Å²) < 4.78 is 5.39. The molecule has 0 spiro atoms. The Kier molecular flexibility index (Phi) is 6.53. The summed E-state index contributed by atoms with van der Waals surface area (Å²) in [6, 6.07) is 0.501. The molecule has 0 saturated carbocycles. The topological polar surface area (TPSA) is 38.5 Å². The lowest BCUT2D eigenvalue weighted by atomic mass is 9.83. The number of nitrogens with two attached hydrogens (primary N) is 1. The summed E-state index contributed by atoms with van der Waals surface area (Å²) in [4.78, 5) is 2.39. The molecule has 0 saturated heterocycles. The van der Waals surface area contributed by atoms with Gasteiger partial charge in [-0.1, -0.05) is 27.7 Å². The molecule has 0 aliphatic carbocycles. The molecule has 0 rings (SSSR count). The first-order valence-corrected chi connectivity index (χ1v) is 6.25. The fourth-order valence-corrected chi connectivity index (χ4v) is 2.22. The lowest BCUT2D eigenvalue weighted by molar-refractivity contribution is -0.0301. The zero-order chi connectivity index (χ0) is 12.9. The fourth-order valence-electron chi connectivity index (χ4n) is 2.22. The minimum atomic E-state index is -0.0571. The van der Waals surface area contributed by atoms with Crippen LogP contribution in [-0.2, 0) is 4.74 Å². The Morgan fingerprint density at radius 3 is 1.94 bits per heavy atom. The van der Waals surface area contributed by atoms with E-state index in [-0.39, 0.29) is 5.54 Å². The maximum Gasteiger partial charge on any atom is 0.0661 e. The molecule has 2 atom stereocenters. The number of likely N-dealkylation sites (N-methyl/N-ethyl adjacent to an activating group) is 1. The van der Waals surface area contributed by atoms with E-state index in [1.807, 2.05) is 0 Å². The average Bonchev–Trinajstić information content (AvgIpc) is 2.23. The second kappa shape index (κ2) is 6.58. The first kappa shape index (κ1) is 15.9. The molecule has 0 aromatic heterocycles. The highest BCUT2D eigenvalue weighted by Gasteiger charge is 2.39. The second-order valence-corrected chi connectivity index (χ2v) is 5.49. The average molecular weight is 230 g/mol. The summed E-state index contributed by atoms with van der Waals surface area (Å²) >= 11 is 0. The van der Waals surface area contributed by atoms with Gasteiger partial charge in [0, 0.05) is 19.7 Å². The van der Waals surface area contributed by atoms with Crippen LogP contribution in [0.15, 0.2) is 0 Å². The smallest absolute Gasteiger partial charge is 0.0661 e. The van der Waals surface area contributed by atoms with Crippen LogP contribution in [0.4, 0.5) is 0 Å². The van der Waals surface area contributed by atoms with Crippen molar-refractivity contribution >= 4 is 0 Å². The summed E-state index contributed by atoms with van der Waals surface area (Å²) in [5, 5.41) is 0. The predicted octanol–water partition coefficient (Wildman–Crippen LogP) is 1.96. The number of rotatable bonds is 7. The van der Waals surface area contributed by atoms with Gasteiger partial charge in [-0.15, -0.1) is 0 Å². The highest BCUT2D eigenvalue weighted by molar-refractivity contribution is 4.95. The molecule has 16 heavy (non-hydrogen) atoms. The van der Waals surface area contributed by atoms with Crippen LogP contribution in [0.3, 0.4) is 0 Å². The van der Waals surface area contributed by atoms with Crippen LogP contribution < -0.4 is 5.73 Å². The molecule has 0 fully saturated rings. The van der Waals surface area contributed by atoms with E-state index in [9.17, 15) is 0 Å². The van der Waals surface area contributed by atoms with Gasteiger partial charge in [-0.25, -0.2) is 0 Å². The highest BCUT2D eigenvalue weighted by atomic mass is 16.5. The van der Waals surface area contributed by atoms with Crippen LogP contribution in [0.25, 0.3) is 0 Å². The molecule has 2 unspecified atom stereocenters. The summed E-state index contributed by atoms with van der Waals surface area (Å²) in [7, 11) is 3.91. The molecule has 0 amide bonds. The number of ether oxygens (including phenoxy) is 1. The minimum absolute atomic E-state index is 0.0571. The van der Waals surface area contributed by atoms with E-state index in [1.54, 1.807) is 7.11 Å². The van der Waals surface area contributed by atoms with Crippen LogP contribution in [0, 0.1) is 11.8 Å². The molecular weight excluding hydrogens is 200 g/mol. The molecule has 0 bridgehead atoms. The third-order valence-electron chi connectivity index (χ3n) is 4.10. The van der Waals surface area contributed by atoms with Crippen molar-refractivity contribution in [1.82, 2.24) is 4.90 Å². The van der Waals surface area contributed by atoms with Gasteiger partial charge in [0.05, 0.1) is 12.1 Å². The monoisotopic (exact) mass is 230 g/mol. The zero-order valence-corrected chi connectivity index (χ0v) is 12.1. The van der Waals surface area contributed by atoms with Crippen molar-refractivity contribution in [2.75, 3.05) is 27.3 Å². The Balaban J connectivity index is 5.00. The first-order chi connectivity index (χ1) is 7.33. The van der Waals surface area contributed by atoms with E-state index in [0.29, 0.717) is 31.0 Å². The molecule has 3 heteroatoms. The summed E-state index contributed by atoms with van der Waals surface area (Å²) in [5.41, 5.74) is 5.95. The predicted molar refractivity (Wildman–Crippen MR) is 70.6 cm³/mol. The lowest BCUT2D eigenvalue weighted by Gasteiger charge is -2.48. The van der Waals surface area contributed by atoms with E-state index >= 15 is 0 Å². The zero-order valence-electron chi connectivity index (χ0n) is 12.1. The summed E-state index contributed by atoms with van der Waals surface area (Å²) in [6.45, 7) is 12.5. The maximum atomic E-state index is 6.01. The Morgan fingerprint density at radius 1 is 1.19 bits per heavy atom. The Morgan fingerprint density at radius 2 is 1.69 bits per heavy atom. The fraction of sp³-hybridized carbons (Fsp3) is 1.00. The van der Waals surface area contributed by atoms with Crippen LogP contribution in [-0.4, -0.2) is 43.8 Å². The van der Waals surface area contributed by atoms with Gasteiger partial charge in [0.25, 0.3) is 0 Å². The SMILES string of the molecule is COCC(CN)(C(C)C)N(C)C(C)C(C)C. The number of hydrogen-bond acceptors (Lipinski definition) is 3. The molecule has 0 heterocycles. The minimum Gasteiger partial charge on any atom is -0.383 e. The van der Waals surface area contributed by atoms with Crippen LogP contribution in [0.2, 0.25) is 0 Å². The molecule has 98 valence electrons. The summed E-state index contributed by atoms with van der Waals surface area (Å²) in [5.74, 6) is 1.09. The van der Waals surface area contributed by atoms with Crippen LogP contribution >= 0.6 is 0 Å². The first-order valence-electron chi connectivity index (χ1n) is 6.25. The van der Waals surface area contributed by atoms with E-state index in [0.717, 1.165) is 0 Å². The van der Waals surface area contributed by atoms with Gasteiger partial charge in [-0.2, -0.15) is 0 Å². The normalized spacial score (nSPS) is 18.2. The largest absolute Gasteiger partial charge is 0.383 e. The molecule has 0 aromatic rings. The lowest BCUT2D eigenvalue weighted by Crippen LogP contribution is -2.62. The third kappa shape index (κ3) is 3.19. The number of nitrogens with zero attached hydrogens (tertiary/aromatic N) is 1. The molecule has 0 radical (unpaired) electrons. The standard InChI is InChI=1S/C13H30N2O/c1-10(2)12(5)15(6)13(8-14,9-16-7)11(3)4/h10-12H,8-9,14H2,1-7H3. The van der Waals surface area contributed by atoms with E-state index in [2.05, 4.69) is 46.6 Å². The van der Waals surface area contributed by atoms with E-state index in [4.69, 9.17) is 10.5 Å². The number of hydrogen-bond donors (Lipinski definition) is 1. The van der Waals surface area contributed by atoms with Crippen molar-refractivity contribution < 1.29 is 4.74 Å². The Bertz CT molecular complexity index is 194. The third-order valence-corrected chi connectivity index (χ3v) is 4.10. The molecule has 3 nitrogen and oxygen atoms in total. The van der Waals surface area contributed by atoms with Crippen molar-refractivity contribution in [3.05, 3.63) is 0 Å². The molecular formula is C13H30N2O. The van der Waals surface area contributed by atoms with Crippen molar-refractivity contribution in [3.8, 4) is 0 Å². The van der Waals surface area contributed by atoms with E-state index < -0.39 is 0 Å². The second-order valence-electron chi connectivity index (χ2n) is 5.49. The van der Waals surface area contributed by atoms with Crippen molar-refractivity contribution in [2.45, 2.75) is 46.2 Å². The maximum absolute atomic E-state index is 6.01. The number of methoxy groups -OCH3 is 1. The van der Waals surface area contributed by atoms with Crippen molar-refractivity contribution in [2.24, 2.45) is 17.6 Å². The van der Waals surface area contributed by atoms with Gasteiger partial charge < -0.3 is 10.5 Å². The molecule has 0 aliphatic rings. The van der Waals surface area contributed by atoms with Gasteiger partial charge >= 0.3 is 0 Å². The van der Waals surface area contributed by atoms with Crippen LogP contribution in [0.1, 0.15) is 34.6 Å². The van der Waals surface area contributed by atoms with E-state index in [1.165, 1.54) is 0 Å². The van der Waals surface area contributed by atoms with Crippen molar-refractivity contribution in [3.63, 3.8) is 0 Å². The van der Waals surface area contributed by atoms with Gasteiger partial charge in [-0.3, -0.25) is 4.90 Å². The molecule has 0 aliphatic heterocycles. The van der Waals surface area contributed by atoms with Crippen molar-refractivity contribution in [1.29, 1.82) is 0 Å². The van der Waals surface area contributed by atoms with Gasteiger partial charge in [0.1, 0.15) is 0 Å². The van der Waals surface area contributed by atoms with Gasteiger partial charge in [0.2, 0.25) is 0 Å². The Labute approximate surface area is 101 Å². The Hall–Kier alpha value is -0.120. The van der Waals surface area contributed by atoms with Gasteiger partial charge in [-0.05, 0) is 25.8 Å². The molecule has 0 aromatic carbocycles. The summed E-state index contributed by atoms with van der Waals surface area (Å²) in [6.07, 6.45) is 0.